The van der Waals surface area contributed by atoms with E-state index in [1.165, 1.54) is 76.6 Å². The fourth-order valence-electron chi connectivity index (χ4n) is 15.4. The van der Waals surface area contributed by atoms with Crippen LogP contribution in [-0.2, 0) is 52.7 Å². The lowest BCUT2D eigenvalue weighted by Crippen LogP contribution is -2.64. The van der Waals surface area contributed by atoms with E-state index < -0.39 is 156 Å². The van der Waals surface area contributed by atoms with Gasteiger partial charge < -0.3 is 55.6 Å². The van der Waals surface area contributed by atoms with Gasteiger partial charge >= 0.3 is 6.18 Å². The summed E-state index contributed by atoms with van der Waals surface area (Å²) in [7, 11) is 8.74. The van der Waals surface area contributed by atoms with Gasteiger partial charge in [0.05, 0.1) is 25.6 Å². The number of alkyl halides is 4. The van der Waals surface area contributed by atoms with Crippen LogP contribution in [0.25, 0.3) is 0 Å². The zero-order valence-corrected chi connectivity index (χ0v) is 58.0. The summed E-state index contributed by atoms with van der Waals surface area (Å²) in [6.07, 6.45) is 7.43. The summed E-state index contributed by atoms with van der Waals surface area (Å²) in [4.78, 5) is 169. The second-order valence-electron chi connectivity index (χ2n) is 29.1. The van der Waals surface area contributed by atoms with Gasteiger partial charge in [0.25, 0.3) is 0 Å². The average molecular weight is 1340 g/mol. The SMILES string of the molecule is CC(C)C[C@H]1C(=O)N[C@@H](CC2CCCCC2)C(=O)N(C)CC(=O)N(C)CC(=O)N(C)[C@@H](CC2CCCCC2)C(=O)N(C)CC(=O)N[C@@H](CCC2CCC(C(F)(F)F)C(Cl)C2)C(=O)N2CCC[C@H]2C(=O)NC2(CCCC2)C(=O)N(C)[C@@H](C(C)C)C(=O)N[C@H](C)CC(=O)N1C. The molecular formula is C67H109ClF3N11O11. The number of halogens is 4. The molecule has 0 aromatic heterocycles. The van der Waals surface area contributed by atoms with Gasteiger partial charge in [-0.1, -0.05) is 105 Å². The van der Waals surface area contributed by atoms with E-state index in [-0.39, 0.29) is 107 Å². The molecule has 4 aliphatic carbocycles. The number of carbonyl (C=O) groups excluding carboxylic acids is 11. The summed E-state index contributed by atoms with van der Waals surface area (Å²) < 4.78 is 41.8. The standard InChI is InChI=1S/C67H109ClF3N11O11/c1-41(2)33-52-59(87)74-50(36-44-21-14-12-15-22-44)62(90)78(8)39-56(85)76(6)40-57(86)80(10)53(37-45-23-16-13-17-24-45)64(92)77(7)38-54(83)73-49(29-27-46-26-28-47(48(68)35-46)67(69,70)71)63(91)82-32-20-25-51(82)60(88)75-66(30-18-19-31-66)65(93)81(11)58(42(3)4)61(89)72-43(5)34-55(84)79(52)9/h41-53,58H,12-40H2,1-11H3,(H,72,89)(H,73,83)(H,74,87)(H,75,88)/t43-,46?,47?,48?,49+,50+,51+,52+,53+,58+/m1/s1. The lowest BCUT2D eigenvalue weighted by molar-refractivity contribution is -0.182. The molecule has 4 saturated carbocycles. The van der Waals surface area contributed by atoms with Gasteiger partial charge in [0.1, 0.15) is 41.8 Å². The van der Waals surface area contributed by atoms with Crippen LogP contribution >= 0.6 is 11.6 Å². The number of amides is 11. The number of likely N-dealkylation sites (N-methyl/N-ethyl adjacent to an activating group) is 6. The molecule has 6 fully saturated rings. The van der Waals surface area contributed by atoms with E-state index >= 15 is 9.59 Å². The Balaban J connectivity index is 1.34. The van der Waals surface area contributed by atoms with Gasteiger partial charge in [-0.25, -0.2) is 0 Å². The predicted molar refractivity (Wildman–Crippen MR) is 345 cm³/mol. The number of hydrogen-bond acceptors (Lipinski definition) is 11. The molecule has 22 nitrogen and oxygen atoms in total. The molecule has 2 saturated heterocycles. The lowest BCUT2D eigenvalue weighted by atomic mass is 9.78. The minimum absolute atomic E-state index is 0.0165. The fraction of sp³-hybridized carbons (Fsp3) is 0.836. The highest BCUT2D eigenvalue weighted by Gasteiger charge is 2.51. The van der Waals surface area contributed by atoms with E-state index in [1.54, 1.807) is 20.8 Å². The van der Waals surface area contributed by atoms with E-state index in [2.05, 4.69) is 21.3 Å². The first kappa shape index (κ1) is 76.3. The highest BCUT2D eigenvalue weighted by atomic mass is 35.5. The van der Waals surface area contributed by atoms with Crippen molar-refractivity contribution in [3.63, 3.8) is 0 Å². The minimum Gasteiger partial charge on any atom is -0.351 e. The van der Waals surface area contributed by atoms with Crippen molar-refractivity contribution in [2.75, 3.05) is 68.5 Å². The molecular weight excluding hydrogens is 1230 g/mol. The molecule has 6 aliphatic rings. The van der Waals surface area contributed by atoms with E-state index in [0.29, 0.717) is 19.3 Å². The lowest BCUT2D eigenvalue weighted by Gasteiger charge is -2.39. The Morgan fingerprint density at radius 3 is 1.71 bits per heavy atom. The predicted octanol–water partition coefficient (Wildman–Crippen LogP) is 6.15. The maximum absolute atomic E-state index is 15.1. The van der Waals surface area contributed by atoms with E-state index in [1.807, 2.05) is 13.8 Å². The third-order valence-electron chi connectivity index (χ3n) is 20.9. The van der Waals surface area contributed by atoms with Gasteiger partial charge in [0.15, 0.2) is 0 Å². The summed E-state index contributed by atoms with van der Waals surface area (Å²) >= 11 is 6.37. The highest BCUT2D eigenvalue weighted by Crippen LogP contribution is 2.44. The second kappa shape index (κ2) is 34.3. The summed E-state index contributed by atoms with van der Waals surface area (Å²) in [5.41, 5.74) is -1.47. The molecule has 10 atom stereocenters. The number of hydrogen-bond donors (Lipinski definition) is 4. The molecule has 11 amide bonds. The second-order valence-corrected chi connectivity index (χ2v) is 29.6. The Morgan fingerprint density at radius 1 is 0.548 bits per heavy atom. The summed E-state index contributed by atoms with van der Waals surface area (Å²) in [6, 6.07) is -7.49. The quantitative estimate of drug-likeness (QED) is 0.180. The van der Waals surface area contributed by atoms with Gasteiger partial charge in [0, 0.05) is 66.7 Å². The van der Waals surface area contributed by atoms with E-state index in [4.69, 9.17) is 11.6 Å². The zero-order chi connectivity index (χ0) is 68.8. The molecule has 4 N–H and O–H groups in total. The molecule has 0 aromatic carbocycles. The van der Waals surface area contributed by atoms with E-state index in [9.17, 15) is 56.3 Å². The molecule has 0 bridgehead atoms. The fourth-order valence-corrected chi connectivity index (χ4v) is 15.9. The number of rotatable bonds is 10. The molecule has 93 heavy (non-hydrogen) atoms. The molecule has 0 radical (unpaired) electrons. The van der Waals surface area contributed by atoms with Crippen LogP contribution in [0.15, 0.2) is 0 Å². The van der Waals surface area contributed by atoms with Crippen LogP contribution in [0.4, 0.5) is 13.2 Å². The third kappa shape index (κ3) is 20.6. The van der Waals surface area contributed by atoms with Crippen LogP contribution in [0.2, 0.25) is 0 Å². The monoisotopic (exact) mass is 1340 g/mol. The summed E-state index contributed by atoms with van der Waals surface area (Å²) in [5.74, 6) is -8.86. The number of nitrogens with zero attached hydrogens (tertiary/aromatic N) is 7. The van der Waals surface area contributed by atoms with Crippen LogP contribution in [0.5, 0.6) is 0 Å². The minimum atomic E-state index is -4.49. The average Bonchev–Trinajstić information content (AvgIpc) is 1.72. The van der Waals surface area contributed by atoms with Gasteiger partial charge in [-0.05, 0) is 114 Å². The third-order valence-corrected chi connectivity index (χ3v) is 21.4. The molecule has 6 rings (SSSR count). The van der Waals surface area contributed by atoms with Crippen molar-refractivity contribution < 1.29 is 65.9 Å². The normalized spacial score (nSPS) is 30.1. The van der Waals surface area contributed by atoms with Crippen LogP contribution in [0, 0.1) is 35.5 Å². The number of fused-ring (bicyclic) bond motifs is 1. The highest BCUT2D eigenvalue weighted by molar-refractivity contribution is 6.20. The van der Waals surface area contributed by atoms with Crippen LogP contribution < -0.4 is 21.3 Å². The first-order valence-electron chi connectivity index (χ1n) is 34.5. The topological polar surface area (TPSA) is 259 Å². The Bertz CT molecular complexity index is 2630. The Hall–Kier alpha value is -5.75. The molecule has 2 aliphatic heterocycles. The van der Waals surface area contributed by atoms with Crippen LogP contribution in [0.1, 0.15) is 195 Å². The van der Waals surface area contributed by atoms with E-state index in [0.717, 1.165) is 64.2 Å². The molecule has 3 unspecified atom stereocenters. The van der Waals surface area contributed by atoms with Gasteiger partial charge in [-0.2, -0.15) is 13.2 Å². The summed E-state index contributed by atoms with van der Waals surface area (Å²) in [6.45, 7) is 7.58. The largest absolute Gasteiger partial charge is 0.393 e. The first-order valence-corrected chi connectivity index (χ1v) is 34.9. The summed E-state index contributed by atoms with van der Waals surface area (Å²) in [5, 5.41) is 10.6. The van der Waals surface area contributed by atoms with Gasteiger partial charge in [-0.3, -0.25) is 52.7 Å². The Labute approximate surface area is 554 Å². The van der Waals surface area contributed by atoms with Crippen LogP contribution in [0.3, 0.4) is 0 Å². The Kier molecular flexibility index (Phi) is 28.1. The smallest absolute Gasteiger partial charge is 0.351 e. The van der Waals surface area contributed by atoms with Crippen LogP contribution in [-0.4, -0.2) is 227 Å². The number of nitrogens with one attached hydrogen (secondary N) is 4. The maximum Gasteiger partial charge on any atom is 0.393 e. The van der Waals surface area contributed by atoms with Crippen molar-refractivity contribution in [3.8, 4) is 0 Å². The van der Waals surface area contributed by atoms with Crippen molar-refractivity contribution in [2.45, 2.75) is 255 Å². The van der Waals surface area contributed by atoms with Crippen molar-refractivity contribution >= 4 is 76.6 Å². The number of carbonyl (C=O) groups is 11. The zero-order valence-electron chi connectivity index (χ0n) is 57.2. The van der Waals surface area contributed by atoms with Crippen molar-refractivity contribution in [1.82, 2.24) is 55.6 Å². The van der Waals surface area contributed by atoms with Crippen molar-refractivity contribution in [2.24, 2.45) is 35.5 Å². The van der Waals surface area contributed by atoms with Gasteiger partial charge in [-0.15, -0.1) is 11.6 Å². The van der Waals surface area contributed by atoms with Crippen molar-refractivity contribution in [1.29, 1.82) is 0 Å². The molecule has 0 aromatic rings. The molecule has 26 heteroatoms. The van der Waals surface area contributed by atoms with Crippen molar-refractivity contribution in [3.05, 3.63) is 0 Å². The molecule has 526 valence electrons. The molecule has 1 spiro atoms. The maximum atomic E-state index is 15.1. The van der Waals surface area contributed by atoms with Gasteiger partial charge in [0.2, 0.25) is 65.0 Å². The Morgan fingerprint density at radius 2 is 1.13 bits per heavy atom. The first-order chi connectivity index (χ1) is 43.7. The molecule has 2 heterocycles.